The van der Waals surface area contributed by atoms with Gasteiger partial charge in [0.2, 0.25) is 0 Å². The SMILES string of the molecule is Cc1cc(C)cc(OCc2cc(Cl)cc3c2OC(C)(C)C3)c1. The first-order valence-electron chi connectivity index (χ1n) is 7.54. The molecular formula is C19H21ClO2. The summed E-state index contributed by atoms with van der Waals surface area (Å²) in [5.74, 6) is 1.81. The molecule has 0 fully saturated rings. The van der Waals surface area contributed by atoms with Gasteiger partial charge in [-0.05, 0) is 68.7 Å². The summed E-state index contributed by atoms with van der Waals surface area (Å²) in [5, 5.41) is 0.735. The molecule has 0 aliphatic carbocycles. The van der Waals surface area contributed by atoms with E-state index in [9.17, 15) is 0 Å². The number of rotatable bonds is 3. The van der Waals surface area contributed by atoms with E-state index in [1.807, 2.05) is 24.3 Å². The van der Waals surface area contributed by atoms with Crippen molar-refractivity contribution in [1.29, 1.82) is 0 Å². The predicted molar refractivity (Wildman–Crippen MR) is 90.1 cm³/mol. The summed E-state index contributed by atoms with van der Waals surface area (Å²) in [6, 6.07) is 10.1. The lowest BCUT2D eigenvalue weighted by Gasteiger charge is -2.18. The number of halogens is 1. The molecule has 0 saturated carbocycles. The van der Waals surface area contributed by atoms with E-state index in [0.29, 0.717) is 6.61 Å². The Balaban J connectivity index is 1.85. The van der Waals surface area contributed by atoms with E-state index in [1.165, 1.54) is 11.1 Å². The molecular weight excluding hydrogens is 296 g/mol. The first-order chi connectivity index (χ1) is 10.3. The van der Waals surface area contributed by atoms with Crippen LogP contribution in [-0.2, 0) is 13.0 Å². The molecule has 0 aromatic heterocycles. The fourth-order valence-corrected chi connectivity index (χ4v) is 3.29. The Kier molecular flexibility index (Phi) is 3.82. The molecule has 2 aromatic rings. The van der Waals surface area contributed by atoms with Crippen molar-refractivity contribution in [3.8, 4) is 11.5 Å². The molecule has 0 radical (unpaired) electrons. The second kappa shape index (κ2) is 5.51. The molecule has 3 rings (SSSR count). The predicted octanol–water partition coefficient (Wildman–Crippen LogP) is 5.25. The molecule has 0 spiro atoms. The van der Waals surface area contributed by atoms with Crippen LogP contribution < -0.4 is 9.47 Å². The third-order valence-corrected chi connectivity index (χ3v) is 4.01. The first kappa shape index (κ1) is 15.2. The minimum atomic E-state index is -0.179. The summed E-state index contributed by atoms with van der Waals surface area (Å²) in [5.41, 5.74) is 4.39. The Morgan fingerprint density at radius 1 is 1.09 bits per heavy atom. The van der Waals surface area contributed by atoms with Crippen molar-refractivity contribution in [2.24, 2.45) is 0 Å². The van der Waals surface area contributed by atoms with Crippen LogP contribution in [0.25, 0.3) is 0 Å². The number of hydrogen-bond donors (Lipinski definition) is 0. The summed E-state index contributed by atoms with van der Waals surface area (Å²) in [4.78, 5) is 0. The van der Waals surface area contributed by atoms with E-state index in [-0.39, 0.29) is 5.60 Å². The largest absolute Gasteiger partial charge is 0.489 e. The van der Waals surface area contributed by atoms with Crippen molar-refractivity contribution in [2.75, 3.05) is 0 Å². The van der Waals surface area contributed by atoms with Gasteiger partial charge in [-0.2, -0.15) is 0 Å². The van der Waals surface area contributed by atoms with Gasteiger partial charge in [0.25, 0.3) is 0 Å². The molecule has 1 heterocycles. The molecule has 0 bridgehead atoms. The molecule has 0 saturated heterocycles. The summed E-state index contributed by atoms with van der Waals surface area (Å²) >= 11 is 6.24. The van der Waals surface area contributed by atoms with Crippen LogP contribution in [-0.4, -0.2) is 5.60 Å². The smallest absolute Gasteiger partial charge is 0.130 e. The average molecular weight is 317 g/mol. The number of ether oxygens (including phenoxy) is 2. The quantitative estimate of drug-likeness (QED) is 0.770. The highest BCUT2D eigenvalue weighted by Crippen LogP contribution is 2.40. The minimum Gasteiger partial charge on any atom is -0.489 e. The Hall–Kier alpha value is -1.67. The van der Waals surface area contributed by atoms with Crippen LogP contribution in [0, 0.1) is 13.8 Å². The Morgan fingerprint density at radius 3 is 2.45 bits per heavy atom. The molecule has 0 unspecified atom stereocenters. The van der Waals surface area contributed by atoms with Gasteiger partial charge in [0.1, 0.15) is 23.7 Å². The maximum Gasteiger partial charge on any atom is 0.130 e. The lowest BCUT2D eigenvalue weighted by molar-refractivity contribution is 0.135. The van der Waals surface area contributed by atoms with Crippen LogP contribution in [0.3, 0.4) is 0 Å². The van der Waals surface area contributed by atoms with Crippen molar-refractivity contribution in [3.63, 3.8) is 0 Å². The van der Waals surface area contributed by atoms with Crippen LogP contribution >= 0.6 is 11.6 Å². The van der Waals surface area contributed by atoms with Crippen molar-refractivity contribution >= 4 is 11.6 Å². The minimum absolute atomic E-state index is 0.179. The van der Waals surface area contributed by atoms with E-state index in [1.54, 1.807) is 0 Å². The van der Waals surface area contributed by atoms with Crippen LogP contribution in [0.4, 0.5) is 0 Å². The van der Waals surface area contributed by atoms with E-state index < -0.39 is 0 Å². The zero-order valence-corrected chi connectivity index (χ0v) is 14.3. The zero-order valence-electron chi connectivity index (χ0n) is 13.5. The van der Waals surface area contributed by atoms with Gasteiger partial charge in [-0.1, -0.05) is 17.7 Å². The van der Waals surface area contributed by atoms with E-state index >= 15 is 0 Å². The number of aryl methyl sites for hydroxylation is 2. The summed E-state index contributed by atoms with van der Waals surface area (Å²) < 4.78 is 12.0. The molecule has 1 aliphatic rings. The fourth-order valence-electron chi connectivity index (χ4n) is 3.03. The highest BCUT2D eigenvalue weighted by atomic mass is 35.5. The molecule has 22 heavy (non-hydrogen) atoms. The van der Waals surface area contributed by atoms with Crippen molar-refractivity contribution in [1.82, 2.24) is 0 Å². The molecule has 0 atom stereocenters. The van der Waals surface area contributed by atoms with Gasteiger partial charge in [-0.25, -0.2) is 0 Å². The molecule has 2 nitrogen and oxygen atoms in total. The van der Waals surface area contributed by atoms with E-state index in [4.69, 9.17) is 21.1 Å². The van der Waals surface area contributed by atoms with Gasteiger partial charge in [0.05, 0.1) is 0 Å². The third kappa shape index (κ3) is 3.22. The fraction of sp³-hybridized carbons (Fsp3) is 0.368. The van der Waals surface area contributed by atoms with Gasteiger partial charge < -0.3 is 9.47 Å². The first-order valence-corrected chi connectivity index (χ1v) is 7.92. The number of hydrogen-bond acceptors (Lipinski definition) is 2. The summed E-state index contributed by atoms with van der Waals surface area (Å²) in [7, 11) is 0. The maximum atomic E-state index is 6.24. The Morgan fingerprint density at radius 2 is 1.77 bits per heavy atom. The molecule has 0 amide bonds. The lowest BCUT2D eigenvalue weighted by Crippen LogP contribution is -2.25. The van der Waals surface area contributed by atoms with Crippen molar-refractivity contribution in [2.45, 2.75) is 46.3 Å². The van der Waals surface area contributed by atoms with Gasteiger partial charge in [0.15, 0.2) is 0 Å². The number of fused-ring (bicyclic) bond motifs is 1. The molecule has 116 valence electrons. The molecule has 1 aliphatic heterocycles. The van der Waals surface area contributed by atoms with Gasteiger partial charge >= 0.3 is 0 Å². The van der Waals surface area contributed by atoms with Crippen LogP contribution in [0.5, 0.6) is 11.5 Å². The van der Waals surface area contributed by atoms with Crippen LogP contribution in [0.1, 0.15) is 36.1 Å². The second-order valence-corrected chi connectivity index (χ2v) is 7.14. The van der Waals surface area contributed by atoms with Crippen LogP contribution in [0.15, 0.2) is 30.3 Å². The third-order valence-electron chi connectivity index (χ3n) is 3.79. The second-order valence-electron chi connectivity index (χ2n) is 6.70. The standard InChI is InChI=1S/C19H21ClO2/c1-12-5-13(2)7-17(6-12)21-11-15-9-16(20)8-14-10-19(3,4)22-18(14)15/h5-9H,10-11H2,1-4H3. The highest BCUT2D eigenvalue weighted by molar-refractivity contribution is 6.30. The van der Waals surface area contributed by atoms with E-state index in [2.05, 4.69) is 33.8 Å². The van der Waals surface area contributed by atoms with Crippen molar-refractivity contribution in [3.05, 3.63) is 57.6 Å². The highest BCUT2D eigenvalue weighted by Gasteiger charge is 2.32. The lowest BCUT2D eigenvalue weighted by atomic mass is 10.0. The topological polar surface area (TPSA) is 18.5 Å². The molecule has 0 N–H and O–H groups in total. The maximum absolute atomic E-state index is 6.24. The normalized spacial score (nSPS) is 15.3. The molecule has 2 aromatic carbocycles. The van der Waals surface area contributed by atoms with E-state index in [0.717, 1.165) is 34.1 Å². The number of benzene rings is 2. The van der Waals surface area contributed by atoms with Gasteiger partial charge in [0, 0.05) is 17.0 Å². The van der Waals surface area contributed by atoms with Crippen molar-refractivity contribution < 1.29 is 9.47 Å². The van der Waals surface area contributed by atoms with Gasteiger partial charge in [-0.15, -0.1) is 0 Å². The monoisotopic (exact) mass is 316 g/mol. The zero-order chi connectivity index (χ0) is 15.9. The summed E-state index contributed by atoms with van der Waals surface area (Å²) in [6.07, 6.45) is 0.874. The molecule has 3 heteroatoms. The Labute approximate surface area is 137 Å². The van der Waals surface area contributed by atoms with Gasteiger partial charge in [-0.3, -0.25) is 0 Å². The average Bonchev–Trinajstić information content (AvgIpc) is 2.68. The Bertz CT molecular complexity index is 699. The van der Waals surface area contributed by atoms with Crippen LogP contribution in [0.2, 0.25) is 5.02 Å². The summed E-state index contributed by atoms with van der Waals surface area (Å²) in [6.45, 7) is 8.79.